The number of benzene rings is 1. The summed E-state index contributed by atoms with van der Waals surface area (Å²) in [6.45, 7) is 1.11. The molecule has 1 N–H and O–H groups in total. The summed E-state index contributed by atoms with van der Waals surface area (Å²) >= 11 is 1.88. The zero-order chi connectivity index (χ0) is 8.39. The molecular formula is C10H13NS. The molecule has 64 valence electrons. The second kappa shape index (κ2) is 3.40. The highest BCUT2D eigenvalue weighted by atomic mass is 32.2. The van der Waals surface area contributed by atoms with Crippen molar-refractivity contribution >= 4 is 17.4 Å². The summed E-state index contributed by atoms with van der Waals surface area (Å²) < 4.78 is 0. The van der Waals surface area contributed by atoms with Crippen LogP contribution in [0, 0.1) is 0 Å². The van der Waals surface area contributed by atoms with E-state index in [2.05, 4.69) is 29.8 Å². The Labute approximate surface area is 77.6 Å². The second-order valence-electron chi connectivity index (χ2n) is 3.10. The van der Waals surface area contributed by atoms with Crippen molar-refractivity contribution in [1.29, 1.82) is 0 Å². The van der Waals surface area contributed by atoms with Crippen molar-refractivity contribution in [2.24, 2.45) is 0 Å². The Bertz CT molecular complexity index is 283. The van der Waals surface area contributed by atoms with Crippen LogP contribution in [0.15, 0.2) is 18.2 Å². The summed E-state index contributed by atoms with van der Waals surface area (Å²) in [4.78, 5) is 0. The Morgan fingerprint density at radius 1 is 1.50 bits per heavy atom. The molecule has 0 saturated heterocycles. The number of fused-ring (bicyclic) bond motifs is 1. The topological polar surface area (TPSA) is 12.0 Å². The first-order valence-corrected chi connectivity index (χ1v) is 5.64. The number of hydrogen-bond donors (Lipinski definition) is 1. The zero-order valence-corrected chi connectivity index (χ0v) is 8.08. The van der Waals surface area contributed by atoms with Crippen LogP contribution in [0.2, 0.25) is 0 Å². The third-order valence-electron chi connectivity index (χ3n) is 2.19. The Hall–Kier alpha value is -0.630. The normalized spacial score (nSPS) is 14.1. The van der Waals surface area contributed by atoms with E-state index in [-0.39, 0.29) is 0 Å². The van der Waals surface area contributed by atoms with E-state index in [1.807, 2.05) is 11.8 Å². The molecule has 0 unspecified atom stereocenters. The Balaban J connectivity index is 2.26. The van der Waals surface area contributed by atoms with Gasteiger partial charge in [-0.3, -0.25) is 0 Å². The molecule has 1 nitrogen and oxygen atoms in total. The van der Waals surface area contributed by atoms with Gasteiger partial charge in [0.15, 0.2) is 0 Å². The maximum Gasteiger partial charge on any atom is 0.0373 e. The molecule has 1 aliphatic rings. The third kappa shape index (κ3) is 1.44. The van der Waals surface area contributed by atoms with Crippen molar-refractivity contribution < 1.29 is 0 Å². The molecule has 0 fully saturated rings. The van der Waals surface area contributed by atoms with E-state index in [4.69, 9.17) is 0 Å². The molecule has 1 aromatic carbocycles. The van der Waals surface area contributed by atoms with Gasteiger partial charge in [-0.25, -0.2) is 0 Å². The number of rotatable bonds is 2. The zero-order valence-electron chi connectivity index (χ0n) is 7.26. The van der Waals surface area contributed by atoms with E-state index < -0.39 is 0 Å². The predicted molar refractivity (Wildman–Crippen MR) is 55.9 cm³/mol. The smallest absolute Gasteiger partial charge is 0.0373 e. The average Bonchev–Trinajstić information content (AvgIpc) is 2.51. The van der Waals surface area contributed by atoms with Crippen LogP contribution >= 0.6 is 11.8 Å². The Morgan fingerprint density at radius 3 is 3.25 bits per heavy atom. The van der Waals surface area contributed by atoms with Crippen LogP contribution in [0.5, 0.6) is 0 Å². The van der Waals surface area contributed by atoms with Crippen LogP contribution in [0.4, 0.5) is 5.69 Å². The van der Waals surface area contributed by atoms with Crippen molar-refractivity contribution in [1.82, 2.24) is 0 Å². The number of thioether (sulfide) groups is 1. The monoisotopic (exact) mass is 179 g/mol. The van der Waals surface area contributed by atoms with Gasteiger partial charge < -0.3 is 5.32 Å². The molecule has 2 heteroatoms. The van der Waals surface area contributed by atoms with E-state index in [9.17, 15) is 0 Å². The Morgan fingerprint density at radius 2 is 2.42 bits per heavy atom. The highest BCUT2D eigenvalue weighted by Gasteiger charge is 2.08. The fourth-order valence-corrected chi connectivity index (χ4v) is 2.13. The molecule has 0 aliphatic carbocycles. The molecule has 0 amide bonds. The molecule has 0 aromatic heterocycles. The molecule has 0 bridgehead atoms. The van der Waals surface area contributed by atoms with Gasteiger partial charge in [-0.15, -0.1) is 0 Å². The molecule has 0 spiro atoms. The van der Waals surface area contributed by atoms with E-state index in [0.717, 1.165) is 12.3 Å². The van der Waals surface area contributed by atoms with E-state index in [1.54, 1.807) is 0 Å². The highest BCUT2D eigenvalue weighted by molar-refractivity contribution is 7.97. The standard InChI is InChI=1S/C10H13NS/c1-12-7-8-2-3-10-9(6-8)4-5-11-10/h2-3,6,11H,4-5,7H2,1H3. The summed E-state index contributed by atoms with van der Waals surface area (Å²) in [7, 11) is 0. The van der Waals surface area contributed by atoms with Gasteiger partial charge in [0, 0.05) is 18.0 Å². The van der Waals surface area contributed by atoms with Gasteiger partial charge in [-0.1, -0.05) is 12.1 Å². The fraction of sp³-hybridized carbons (Fsp3) is 0.400. The third-order valence-corrected chi connectivity index (χ3v) is 2.81. The molecule has 2 rings (SSSR count). The van der Waals surface area contributed by atoms with E-state index in [0.29, 0.717) is 0 Å². The van der Waals surface area contributed by atoms with Gasteiger partial charge in [0.05, 0.1) is 0 Å². The lowest BCUT2D eigenvalue weighted by Gasteiger charge is -2.02. The predicted octanol–water partition coefficient (Wildman–Crippen LogP) is 2.52. The van der Waals surface area contributed by atoms with Crippen LogP contribution in [-0.2, 0) is 12.2 Å². The maximum atomic E-state index is 3.36. The van der Waals surface area contributed by atoms with Gasteiger partial charge in [-0.05, 0) is 29.9 Å². The lowest BCUT2D eigenvalue weighted by Crippen LogP contribution is -1.90. The summed E-state index contributed by atoms with van der Waals surface area (Å²) in [5, 5.41) is 3.36. The van der Waals surface area contributed by atoms with Gasteiger partial charge in [0.2, 0.25) is 0 Å². The molecule has 0 saturated carbocycles. The molecule has 1 aliphatic heterocycles. The number of nitrogens with one attached hydrogen (secondary N) is 1. The van der Waals surface area contributed by atoms with Crippen molar-refractivity contribution in [2.45, 2.75) is 12.2 Å². The minimum atomic E-state index is 1.11. The van der Waals surface area contributed by atoms with Crippen molar-refractivity contribution in [2.75, 3.05) is 18.1 Å². The fourth-order valence-electron chi connectivity index (χ4n) is 1.61. The van der Waals surface area contributed by atoms with E-state index in [1.165, 1.54) is 23.2 Å². The van der Waals surface area contributed by atoms with Crippen LogP contribution in [0.3, 0.4) is 0 Å². The summed E-state index contributed by atoms with van der Waals surface area (Å²) in [5.41, 5.74) is 4.27. The minimum absolute atomic E-state index is 1.11. The largest absolute Gasteiger partial charge is 0.384 e. The van der Waals surface area contributed by atoms with Crippen LogP contribution in [0.25, 0.3) is 0 Å². The van der Waals surface area contributed by atoms with Crippen LogP contribution in [-0.4, -0.2) is 12.8 Å². The SMILES string of the molecule is CSCc1ccc2c(c1)CCN2. The summed E-state index contributed by atoms with van der Waals surface area (Å²) in [6, 6.07) is 6.74. The van der Waals surface area contributed by atoms with Gasteiger partial charge in [0.25, 0.3) is 0 Å². The molecule has 0 radical (unpaired) electrons. The van der Waals surface area contributed by atoms with Gasteiger partial charge in [-0.2, -0.15) is 11.8 Å². The van der Waals surface area contributed by atoms with Gasteiger partial charge in [0.1, 0.15) is 0 Å². The average molecular weight is 179 g/mol. The van der Waals surface area contributed by atoms with E-state index >= 15 is 0 Å². The van der Waals surface area contributed by atoms with Crippen molar-refractivity contribution in [3.05, 3.63) is 29.3 Å². The summed E-state index contributed by atoms with van der Waals surface area (Å²) in [6.07, 6.45) is 3.34. The van der Waals surface area contributed by atoms with Crippen LogP contribution < -0.4 is 5.32 Å². The van der Waals surface area contributed by atoms with Gasteiger partial charge >= 0.3 is 0 Å². The first-order valence-electron chi connectivity index (χ1n) is 4.25. The molecule has 1 heterocycles. The first kappa shape index (κ1) is 7.99. The lowest BCUT2D eigenvalue weighted by molar-refractivity contribution is 1.10. The second-order valence-corrected chi connectivity index (χ2v) is 3.97. The molecule has 1 aromatic rings. The van der Waals surface area contributed by atoms with Crippen molar-refractivity contribution in [3.8, 4) is 0 Å². The maximum absolute atomic E-state index is 3.36. The summed E-state index contributed by atoms with van der Waals surface area (Å²) in [5.74, 6) is 1.13. The molecular weight excluding hydrogens is 166 g/mol. The quantitative estimate of drug-likeness (QED) is 0.748. The first-order chi connectivity index (χ1) is 5.90. The van der Waals surface area contributed by atoms with Crippen molar-refractivity contribution in [3.63, 3.8) is 0 Å². The van der Waals surface area contributed by atoms with Crippen LogP contribution in [0.1, 0.15) is 11.1 Å². The molecule has 12 heavy (non-hydrogen) atoms. The minimum Gasteiger partial charge on any atom is -0.384 e. The molecule has 0 atom stereocenters. The number of hydrogen-bond acceptors (Lipinski definition) is 2. The lowest BCUT2D eigenvalue weighted by atomic mass is 10.1. The highest BCUT2D eigenvalue weighted by Crippen LogP contribution is 2.24. The number of anilines is 1. The Kier molecular flexibility index (Phi) is 2.26.